The van der Waals surface area contributed by atoms with Crippen LogP contribution in [0.15, 0.2) is 29.4 Å². The molecule has 0 radical (unpaired) electrons. The van der Waals surface area contributed by atoms with E-state index in [0.29, 0.717) is 22.5 Å². The van der Waals surface area contributed by atoms with E-state index in [4.69, 9.17) is 16.3 Å². The number of ether oxygens (including phenoxy) is 1. The minimum Gasteiger partial charge on any atom is -0.455 e. The summed E-state index contributed by atoms with van der Waals surface area (Å²) >= 11 is 7.18. The van der Waals surface area contributed by atoms with Crippen molar-refractivity contribution in [2.45, 2.75) is 56.8 Å². The Morgan fingerprint density at radius 1 is 1.21 bits per heavy atom. The second-order valence-corrected chi connectivity index (χ2v) is 8.29. The van der Waals surface area contributed by atoms with Crippen molar-refractivity contribution >= 4 is 35.2 Å². The summed E-state index contributed by atoms with van der Waals surface area (Å²) < 4.78 is 7.03. The lowest BCUT2D eigenvalue weighted by Crippen LogP contribution is -2.38. The molecule has 1 heterocycles. The molecule has 0 unspecified atom stereocenters. The van der Waals surface area contributed by atoms with Crippen molar-refractivity contribution in [2.24, 2.45) is 0 Å². The molecule has 3 rings (SSSR count). The van der Waals surface area contributed by atoms with Gasteiger partial charge in [0.15, 0.2) is 17.6 Å². The first-order chi connectivity index (χ1) is 14.1. The first kappa shape index (κ1) is 21.6. The number of hydrogen-bond acceptors (Lipinski definition) is 6. The van der Waals surface area contributed by atoms with Crippen molar-refractivity contribution in [3.05, 3.63) is 29.3 Å². The fraction of sp³-hybridized carbons (Fsp3) is 0.500. The molecule has 1 N–H and O–H groups in total. The van der Waals surface area contributed by atoms with E-state index in [1.807, 2.05) is 23.6 Å². The van der Waals surface area contributed by atoms with Gasteiger partial charge in [-0.05, 0) is 44.0 Å². The van der Waals surface area contributed by atoms with Crippen LogP contribution >= 0.6 is 23.4 Å². The SMILES string of the molecule is CCn1c(SCC(=O)OCC(=O)NC2CCCCC2)nnc1-c1ccc(Cl)cc1. The fourth-order valence-electron chi connectivity index (χ4n) is 3.32. The molecule has 156 valence electrons. The second kappa shape index (κ2) is 10.6. The summed E-state index contributed by atoms with van der Waals surface area (Å²) in [5.74, 6) is 0.0894. The van der Waals surface area contributed by atoms with Crippen LogP contribution in [0.4, 0.5) is 0 Å². The number of halogens is 1. The minimum absolute atomic E-state index is 0.0649. The standard InChI is InChI=1S/C20H25ClN4O3S/c1-2-25-19(14-8-10-15(21)11-9-14)23-24-20(25)29-13-18(27)28-12-17(26)22-16-6-4-3-5-7-16/h8-11,16H,2-7,12-13H2,1H3,(H,22,26). The van der Waals surface area contributed by atoms with Crippen LogP contribution in [0.5, 0.6) is 0 Å². The van der Waals surface area contributed by atoms with Gasteiger partial charge in [0, 0.05) is 23.2 Å². The minimum atomic E-state index is -0.451. The van der Waals surface area contributed by atoms with E-state index in [-0.39, 0.29) is 24.3 Å². The van der Waals surface area contributed by atoms with Gasteiger partial charge in [0.1, 0.15) is 0 Å². The highest BCUT2D eigenvalue weighted by molar-refractivity contribution is 7.99. The summed E-state index contributed by atoms with van der Waals surface area (Å²) in [5, 5.41) is 12.6. The molecule has 1 aliphatic rings. The largest absolute Gasteiger partial charge is 0.455 e. The number of amides is 1. The molecule has 0 atom stereocenters. The molecule has 0 bridgehead atoms. The second-order valence-electron chi connectivity index (χ2n) is 6.91. The van der Waals surface area contributed by atoms with E-state index in [1.54, 1.807) is 12.1 Å². The molecular weight excluding hydrogens is 412 g/mol. The number of aromatic nitrogens is 3. The Hall–Kier alpha value is -2.06. The van der Waals surface area contributed by atoms with Crippen molar-refractivity contribution in [1.82, 2.24) is 20.1 Å². The predicted octanol–water partition coefficient (Wildman–Crippen LogP) is 3.70. The molecule has 0 saturated heterocycles. The van der Waals surface area contributed by atoms with Crippen LogP contribution in [0.3, 0.4) is 0 Å². The van der Waals surface area contributed by atoms with Gasteiger partial charge >= 0.3 is 5.97 Å². The number of hydrogen-bond donors (Lipinski definition) is 1. The zero-order valence-electron chi connectivity index (χ0n) is 16.4. The summed E-state index contributed by atoms with van der Waals surface area (Å²) in [6.45, 7) is 2.40. The highest BCUT2D eigenvalue weighted by atomic mass is 35.5. The smallest absolute Gasteiger partial charge is 0.316 e. The maximum Gasteiger partial charge on any atom is 0.316 e. The van der Waals surface area contributed by atoms with Crippen LogP contribution in [0, 0.1) is 0 Å². The van der Waals surface area contributed by atoms with Crippen LogP contribution in [-0.4, -0.2) is 45.0 Å². The molecule has 1 amide bonds. The van der Waals surface area contributed by atoms with Crippen molar-refractivity contribution < 1.29 is 14.3 Å². The normalized spacial score (nSPS) is 14.6. The Labute approximate surface area is 179 Å². The maximum absolute atomic E-state index is 12.0. The van der Waals surface area contributed by atoms with E-state index in [2.05, 4.69) is 15.5 Å². The number of esters is 1. The molecular formula is C20H25ClN4O3S. The Bertz CT molecular complexity index is 835. The summed E-state index contributed by atoms with van der Waals surface area (Å²) in [5.41, 5.74) is 0.901. The van der Waals surface area contributed by atoms with Crippen LogP contribution in [0.1, 0.15) is 39.0 Å². The summed E-state index contributed by atoms with van der Waals surface area (Å²) in [6, 6.07) is 7.57. The van der Waals surface area contributed by atoms with E-state index in [1.165, 1.54) is 18.2 Å². The van der Waals surface area contributed by atoms with Crippen molar-refractivity contribution in [3.8, 4) is 11.4 Å². The average molecular weight is 437 g/mol. The number of carbonyl (C=O) groups is 2. The van der Waals surface area contributed by atoms with Gasteiger partial charge in [-0.15, -0.1) is 10.2 Å². The van der Waals surface area contributed by atoms with Crippen molar-refractivity contribution in [2.75, 3.05) is 12.4 Å². The van der Waals surface area contributed by atoms with Gasteiger partial charge in [-0.1, -0.05) is 42.6 Å². The lowest BCUT2D eigenvalue weighted by Gasteiger charge is -2.22. The quantitative estimate of drug-likeness (QED) is 0.501. The molecule has 9 heteroatoms. The van der Waals surface area contributed by atoms with Gasteiger partial charge in [-0.2, -0.15) is 0 Å². The molecule has 1 aromatic heterocycles. The van der Waals surface area contributed by atoms with Crippen LogP contribution in [0.2, 0.25) is 5.02 Å². The molecule has 1 aliphatic carbocycles. The number of benzene rings is 1. The molecule has 1 aromatic carbocycles. The van der Waals surface area contributed by atoms with Crippen LogP contribution in [-0.2, 0) is 20.9 Å². The van der Waals surface area contributed by atoms with Crippen molar-refractivity contribution in [3.63, 3.8) is 0 Å². The topological polar surface area (TPSA) is 86.1 Å². The van der Waals surface area contributed by atoms with Gasteiger partial charge in [-0.3, -0.25) is 9.59 Å². The number of rotatable bonds is 8. The summed E-state index contributed by atoms with van der Waals surface area (Å²) in [7, 11) is 0. The summed E-state index contributed by atoms with van der Waals surface area (Å²) in [4.78, 5) is 24.0. The Morgan fingerprint density at radius 3 is 2.62 bits per heavy atom. The highest BCUT2D eigenvalue weighted by Crippen LogP contribution is 2.25. The molecule has 2 aromatic rings. The maximum atomic E-state index is 12.0. The van der Waals surface area contributed by atoms with Gasteiger partial charge in [0.25, 0.3) is 5.91 Å². The van der Waals surface area contributed by atoms with Gasteiger partial charge in [0.2, 0.25) is 0 Å². The molecule has 1 saturated carbocycles. The Morgan fingerprint density at radius 2 is 1.93 bits per heavy atom. The van der Waals surface area contributed by atoms with E-state index < -0.39 is 5.97 Å². The first-order valence-corrected chi connectivity index (χ1v) is 11.2. The van der Waals surface area contributed by atoms with E-state index in [0.717, 1.165) is 31.2 Å². The van der Waals surface area contributed by atoms with E-state index in [9.17, 15) is 9.59 Å². The van der Waals surface area contributed by atoms with Crippen LogP contribution in [0.25, 0.3) is 11.4 Å². The number of carbonyl (C=O) groups excluding carboxylic acids is 2. The average Bonchev–Trinajstić information content (AvgIpc) is 3.15. The fourth-order valence-corrected chi connectivity index (χ4v) is 4.25. The Balaban J connectivity index is 1.48. The number of nitrogens with one attached hydrogen (secondary N) is 1. The lowest BCUT2D eigenvalue weighted by molar-refractivity contribution is -0.146. The Kier molecular flexibility index (Phi) is 7.94. The zero-order valence-corrected chi connectivity index (χ0v) is 18.0. The molecule has 0 spiro atoms. The third kappa shape index (κ3) is 6.21. The number of nitrogens with zero attached hydrogens (tertiary/aromatic N) is 3. The third-order valence-corrected chi connectivity index (χ3v) is 5.98. The third-order valence-electron chi connectivity index (χ3n) is 4.79. The lowest BCUT2D eigenvalue weighted by atomic mass is 9.95. The molecule has 29 heavy (non-hydrogen) atoms. The highest BCUT2D eigenvalue weighted by Gasteiger charge is 2.18. The van der Waals surface area contributed by atoms with Gasteiger partial charge < -0.3 is 14.6 Å². The van der Waals surface area contributed by atoms with Gasteiger partial charge in [0.05, 0.1) is 5.75 Å². The zero-order chi connectivity index (χ0) is 20.6. The van der Waals surface area contributed by atoms with Crippen molar-refractivity contribution in [1.29, 1.82) is 0 Å². The molecule has 0 aliphatic heterocycles. The molecule has 1 fully saturated rings. The monoisotopic (exact) mass is 436 g/mol. The summed E-state index contributed by atoms with van der Waals surface area (Å²) in [6.07, 6.45) is 5.49. The first-order valence-electron chi connectivity index (χ1n) is 9.83. The predicted molar refractivity (Wildman–Crippen MR) is 113 cm³/mol. The molecule has 7 nitrogen and oxygen atoms in total. The van der Waals surface area contributed by atoms with E-state index >= 15 is 0 Å². The van der Waals surface area contributed by atoms with Crippen LogP contribution < -0.4 is 5.32 Å². The number of thioether (sulfide) groups is 1. The van der Waals surface area contributed by atoms with Gasteiger partial charge in [-0.25, -0.2) is 0 Å².